The molecular formula is C24H24N10O2S. The molecule has 0 spiro atoms. The number of nitrogens with one attached hydrogen (secondary N) is 2. The number of nitrogens with zero attached hydrogens (tertiary/aromatic N) is 7. The predicted octanol–water partition coefficient (Wildman–Crippen LogP) is 2.14. The number of carbonyl (C=O) groups is 2. The third-order valence-electron chi connectivity index (χ3n) is 6.78. The molecule has 4 aromatic heterocycles. The Morgan fingerprint density at radius 1 is 1.22 bits per heavy atom. The molecule has 188 valence electrons. The van der Waals surface area contributed by atoms with Gasteiger partial charge in [-0.3, -0.25) is 9.59 Å². The van der Waals surface area contributed by atoms with Gasteiger partial charge in [0.25, 0.3) is 5.91 Å². The van der Waals surface area contributed by atoms with Crippen molar-refractivity contribution in [3.05, 3.63) is 63.9 Å². The van der Waals surface area contributed by atoms with Gasteiger partial charge in [-0.25, -0.2) is 9.97 Å². The lowest BCUT2D eigenvalue weighted by Gasteiger charge is -2.32. The number of Topliss-reactive ketones (excluding diaryl/α,β-unsaturated/α-hetero) is 1. The van der Waals surface area contributed by atoms with E-state index in [9.17, 15) is 9.59 Å². The number of piperidine rings is 1. The molecule has 2 aliphatic rings. The Morgan fingerprint density at radius 3 is 2.70 bits per heavy atom. The molecular weight excluding hydrogens is 492 g/mol. The molecule has 4 N–H and O–H groups in total. The van der Waals surface area contributed by atoms with Gasteiger partial charge in [-0.05, 0) is 31.4 Å². The number of likely N-dealkylation sites (tertiary alicyclic amines) is 1. The van der Waals surface area contributed by atoms with Crippen LogP contribution in [0.5, 0.6) is 0 Å². The summed E-state index contributed by atoms with van der Waals surface area (Å²) in [5, 5.41) is 18.3. The lowest BCUT2D eigenvalue weighted by Crippen LogP contribution is -2.39. The van der Waals surface area contributed by atoms with Crippen LogP contribution in [0.2, 0.25) is 0 Å². The van der Waals surface area contributed by atoms with Gasteiger partial charge < -0.3 is 20.9 Å². The summed E-state index contributed by atoms with van der Waals surface area (Å²) in [6, 6.07) is 0. The Kier molecular flexibility index (Phi) is 5.75. The number of carbonyl (C=O) groups excluding carboxylic acids is 2. The average Bonchev–Trinajstić information content (AvgIpc) is 3.70. The van der Waals surface area contributed by atoms with Crippen LogP contribution in [0.1, 0.15) is 62.9 Å². The maximum absolute atomic E-state index is 12.7. The molecule has 0 saturated carbocycles. The number of allylic oxidation sites excluding steroid dienone is 2. The second-order valence-electron chi connectivity index (χ2n) is 8.97. The third kappa shape index (κ3) is 4.06. The maximum Gasteiger partial charge on any atom is 0.291 e. The van der Waals surface area contributed by atoms with Gasteiger partial charge in [-0.2, -0.15) is 9.61 Å². The number of thiazole rings is 1. The van der Waals surface area contributed by atoms with Crippen LogP contribution in [-0.2, 0) is 0 Å². The average molecular weight is 517 g/mol. The van der Waals surface area contributed by atoms with Crippen LogP contribution in [0, 0.1) is 0 Å². The van der Waals surface area contributed by atoms with Crippen molar-refractivity contribution in [1.82, 2.24) is 45.0 Å². The number of fused-ring (bicyclic) bond motifs is 1. The molecule has 0 aliphatic carbocycles. The number of nitrogen functional groups attached to an aromatic ring is 1. The number of aromatic amines is 1. The first-order valence-electron chi connectivity index (χ1n) is 11.9. The molecule has 12 nitrogen and oxygen atoms in total. The Balaban J connectivity index is 1.33. The van der Waals surface area contributed by atoms with Gasteiger partial charge in [0.15, 0.2) is 11.4 Å². The lowest BCUT2D eigenvalue weighted by atomic mass is 9.89. The highest BCUT2D eigenvalue weighted by Gasteiger charge is 2.31. The van der Waals surface area contributed by atoms with E-state index in [2.05, 4.69) is 30.6 Å². The highest BCUT2D eigenvalue weighted by atomic mass is 32.1. The van der Waals surface area contributed by atoms with Crippen molar-refractivity contribution >= 4 is 45.8 Å². The molecule has 0 radical (unpaired) electrons. The summed E-state index contributed by atoms with van der Waals surface area (Å²) in [5.74, 6) is 0.126. The molecule has 13 heteroatoms. The quantitative estimate of drug-likeness (QED) is 0.338. The molecule has 0 aromatic carbocycles. The van der Waals surface area contributed by atoms with Gasteiger partial charge in [0.1, 0.15) is 17.2 Å². The fourth-order valence-electron chi connectivity index (χ4n) is 4.91. The summed E-state index contributed by atoms with van der Waals surface area (Å²) < 4.78 is 1.54. The van der Waals surface area contributed by atoms with Crippen molar-refractivity contribution in [1.29, 1.82) is 0 Å². The Labute approximate surface area is 215 Å². The largest absolute Gasteiger partial charge is 0.383 e. The number of amides is 1. The minimum absolute atomic E-state index is 0.0254. The number of dihydropyridines is 1. The standard InChI is InChI=1S/C24H24N10O2S/c1-13(35)18-19(14-4-7-33(8-5-14)24(36)21-28-12-29-32-21)31-22-16(11-30-34(22)20(18)25)15-2-3-17(27-10-15)23-26-6-9-37-23/h2-3,6,9,11-12,14,27H,4-5,7-8,10,25H2,1H3,(H,28,29,32). The van der Waals surface area contributed by atoms with Crippen molar-refractivity contribution in [2.75, 3.05) is 25.4 Å². The summed E-state index contributed by atoms with van der Waals surface area (Å²) in [6.45, 7) is 3.11. The maximum atomic E-state index is 12.7. The van der Waals surface area contributed by atoms with Crippen LogP contribution in [0.15, 0.2) is 36.3 Å². The fraction of sp³-hybridized carbons (Fsp3) is 0.292. The van der Waals surface area contributed by atoms with Gasteiger partial charge in [0.05, 0.1) is 23.2 Å². The van der Waals surface area contributed by atoms with Crippen molar-refractivity contribution in [2.45, 2.75) is 25.7 Å². The van der Waals surface area contributed by atoms with Crippen LogP contribution in [0.4, 0.5) is 5.82 Å². The van der Waals surface area contributed by atoms with E-state index in [1.54, 1.807) is 33.1 Å². The minimum atomic E-state index is -0.189. The van der Waals surface area contributed by atoms with Crippen LogP contribution in [-0.4, -0.2) is 71.0 Å². The molecule has 37 heavy (non-hydrogen) atoms. The monoisotopic (exact) mass is 516 g/mol. The lowest BCUT2D eigenvalue weighted by molar-refractivity contribution is 0.0699. The Hall–Kier alpha value is -4.39. The van der Waals surface area contributed by atoms with Crippen LogP contribution in [0.25, 0.3) is 16.9 Å². The van der Waals surface area contributed by atoms with Crippen molar-refractivity contribution in [3.8, 4) is 0 Å². The molecule has 6 heterocycles. The molecule has 4 aromatic rings. The molecule has 0 unspecified atom stereocenters. The van der Waals surface area contributed by atoms with E-state index in [0.29, 0.717) is 49.4 Å². The SMILES string of the molecule is CC(=O)c1c(C2CCN(C(=O)c3nnc[nH]3)CC2)nc2c(C3=CC=C(c4nccs4)NC3)cnn2c1N. The van der Waals surface area contributed by atoms with Crippen LogP contribution < -0.4 is 11.1 Å². The predicted molar refractivity (Wildman–Crippen MR) is 138 cm³/mol. The number of aromatic nitrogens is 7. The van der Waals surface area contributed by atoms with E-state index in [-0.39, 0.29) is 29.3 Å². The molecule has 0 atom stereocenters. The smallest absolute Gasteiger partial charge is 0.291 e. The molecule has 1 fully saturated rings. The van der Waals surface area contributed by atoms with Crippen molar-refractivity contribution in [2.24, 2.45) is 0 Å². The summed E-state index contributed by atoms with van der Waals surface area (Å²) >= 11 is 1.57. The first-order valence-corrected chi connectivity index (χ1v) is 12.8. The Bertz CT molecular complexity index is 1540. The summed E-state index contributed by atoms with van der Waals surface area (Å²) in [7, 11) is 0. The summed E-state index contributed by atoms with van der Waals surface area (Å²) in [4.78, 5) is 39.2. The van der Waals surface area contributed by atoms with E-state index in [1.807, 2.05) is 17.5 Å². The molecule has 1 amide bonds. The van der Waals surface area contributed by atoms with Crippen LogP contribution in [0.3, 0.4) is 0 Å². The zero-order chi connectivity index (χ0) is 25.5. The van der Waals surface area contributed by atoms with Gasteiger partial charge in [0, 0.05) is 42.7 Å². The first-order chi connectivity index (χ1) is 18.0. The van der Waals surface area contributed by atoms with Crippen LogP contribution >= 0.6 is 11.3 Å². The van der Waals surface area contributed by atoms with Gasteiger partial charge in [-0.1, -0.05) is 6.08 Å². The van der Waals surface area contributed by atoms with E-state index >= 15 is 0 Å². The number of ketones is 1. The molecule has 1 saturated heterocycles. The topological polar surface area (TPSA) is 160 Å². The third-order valence-corrected chi connectivity index (χ3v) is 7.59. The highest BCUT2D eigenvalue weighted by molar-refractivity contribution is 7.10. The number of anilines is 1. The zero-order valence-electron chi connectivity index (χ0n) is 20.0. The van der Waals surface area contributed by atoms with Gasteiger partial charge in [0.2, 0.25) is 5.82 Å². The fourth-order valence-corrected chi connectivity index (χ4v) is 5.55. The van der Waals surface area contributed by atoms with Crippen molar-refractivity contribution in [3.63, 3.8) is 0 Å². The second-order valence-corrected chi connectivity index (χ2v) is 9.87. The first kappa shape index (κ1) is 23.0. The van der Waals surface area contributed by atoms with E-state index in [4.69, 9.17) is 10.7 Å². The normalized spacial score (nSPS) is 16.4. The number of hydrogen-bond donors (Lipinski definition) is 3. The second kappa shape index (κ2) is 9.24. The van der Waals surface area contributed by atoms with E-state index in [0.717, 1.165) is 21.8 Å². The Morgan fingerprint density at radius 2 is 2.05 bits per heavy atom. The number of nitrogens with two attached hydrogens (primary N) is 1. The molecule has 6 rings (SSSR count). The summed E-state index contributed by atoms with van der Waals surface area (Å²) in [6.07, 6.45) is 10.2. The van der Waals surface area contributed by atoms with Crippen molar-refractivity contribution < 1.29 is 9.59 Å². The minimum Gasteiger partial charge on any atom is -0.383 e. The zero-order valence-corrected chi connectivity index (χ0v) is 20.8. The van der Waals surface area contributed by atoms with Gasteiger partial charge in [-0.15, -0.1) is 21.5 Å². The number of H-pyrrole nitrogens is 1. The van der Waals surface area contributed by atoms with E-state index in [1.165, 1.54) is 13.3 Å². The van der Waals surface area contributed by atoms with Gasteiger partial charge >= 0.3 is 0 Å². The molecule has 2 aliphatic heterocycles. The number of hydrogen-bond acceptors (Lipinski definition) is 10. The highest BCUT2D eigenvalue weighted by Crippen LogP contribution is 2.34. The summed E-state index contributed by atoms with van der Waals surface area (Å²) in [5.41, 5.74) is 11.0. The molecule has 0 bridgehead atoms. The number of rotatable bonds is 5. The van der Waals surface area contributed by atoms with E-state index < -0.39 is 0 Å².